The van der Waals surface area contributed by atoms with Crippen molar-refractivity contribution in [2.24, 2.45) is 16.6 Å². The molecule has 0 radical (unpaired) electrons. The molecule has 1 fully saturated rings. The molecule has 0 spiro atoms. The predicted octanol–water partition coefficient (Wildman–Crippen LogP) is 3.89. The van der Waals surface area contributed by atoms with Crippen LogP contribution in [0.4, 0.5) is 0 Å². The van der Waals surface area contributed by atoms with Crippen molar-refractivity contribution < 1.29 is 0 Å². The van der Waals surface area contributed by atoms with Crippen molar-refractivity contribution in [2.75, 3.05) is 19.6 Å². The number of aromatic nitrogens is 1. The molecule has 126 valence electrons. The lowest BCUT2D eigenvalue weighted by molar-refractivity contribution is 0.277. The Morgan fingerprint density at radius 1 is 1.35 bits per heavy atom. The summed E-state index contributed by atoms with van der Waals surface area (Å²) in [7, 11) is 0. The average molecular weight is 444 g/mol. The molecule has 1 aliphatic heterocycles. The Labute approximate surface area is 159 Å². The molecule has 0 saturated carbocycles. The van der Waals surface area contributed by atoms with Crippen LogP contribution in [0, 0.1) is 5.92 Å². The van der Waals surface area contributed by atoms with E-state index in [0.29, 0.717) is 0 Å². The van der Waals surface area contributed by atoms with Crippen LogP contribution in [0.1, 0.15) is 31.2 Å². The predicted molar refractivity (Wildman–Crippen MR) is 110 cm³/mol. The van der Waals surface area contributed by atoms with Gasteiger partial charge in [0.15, 0.2) is 5.96 Å². The maximum atomic E-state index is 6.10. The summed E-state index contributed by atoms with van der Waals surface area (Å²) in [5, 5.41) is 1.20. The second kappa shape index (κ2) is 8.82. The zero-order chi connectivity index (χ0) is 15.4. The van der Waals surface area contributed by atoms with Crippen molar-refractivity contribution in [3.05, 3.63) is 29.3 Å². The molecule has 0 bridgehead atoms. The number of aryl methyl sites for hydroxylation is 1. The number of piperidine rings is 1. The van der Waals surface area contributed by atoms with Gasteiger partial charge in [-0.05, 0) is 37.3 Å². The van der Waals surface area contributed by atoms with Crippen LogP contribution < -0.4 is 5.73 Å². The van der Waals surface area contributed by atoms with Gasteiger partial charge in [0.1, 0.15) is 0 Å². The van der Waals surface area contributed by atoms with Crippen molar-refractivity contribution in [3.63, 3.8) is 0 Å². The number of nitrogens with zero attached hydrogens (tertiary/aromatic N) is 3. The van der Waals surface area contributed by atoms with Crippen LogP contribution in [-0.2, 0) is 6.42 Å². The lowest BCUT2D eigenvalue weighted by Gasteiger charge is -2.31. The summed E-state index contributed by atoms with van der Waals surface area (Å²) in [5.41, 5.74) is 7.20. The monoisotopic (exact) mass is 444 g/mol. The van der Waals surface area contributed by atoms with Crippen LogP contribution >= 0.6 is 35.3 Å². The van der Waals surface area contributed by atoms with E-state index in [0.717, 1.165) is 49.9 Å². The lowest BCUT2D eigenvalue weighted by atomic mass is 10.00. The van der Waals surface area contributed by atoms with E-state index in [1.54, 1.807) is 11.3 Å². The third-order valence-corrected chi connectivity index (χ3v) is 5.36. The van der Waals surface area contributed by atoms with Crippen LogP contribution in [-0.4, -0.2) is 35.5 Å². The Morgan fingerprint density at radius 3 is 2.83 bits per heavy atom. The Bertz CT molecular complexity index is 614. The lowest BCUT2D eigenvalue weighted by Crippen LogP contribution is -2.42. The fourth-order valence-corrected chi connectivity index (χ4v) is 3.80. The van der Waals surface area contributed by atoms with Crippen molar-refractivity contribution >= 4 is 51.5 Å². The molecular weight excluding hydrogens is 419 g/mol. The minimum atomic E-state index is 0. The fourth-order valence-electron chi connectivity index (χ4n) is 2.79. The van der Waals surface area contributed by atoms with E-state index in [9.17, 15) is 0 Å². The first-order valence-corrected chi connectivity index (χ1v) is 8.93. The summed E-state index contributed by atoms with van der Waals surface area (Å²) >= 11 is 1.78. The number of halogens is 1. The normalized spacial score (nSPS) is 16.6. The number of hydrogen-bond donors (Lipinski definition) is 1. The molecule has 0 amide bonds. The molecule has 0 atom stereocenters. The summed E-state index contributed by atoms with van der Waals surface area (Å²) in [5.74, 6) is 1.54. The van der Waals surface area contributed by atoms with Gasteiger partial charge in [-0.25, -0.2) is 4.98 Å². The van der Waals surface area contributed by atoms with Crippen LogP contribution in [0.25, 0.3) is 10.2 Å². The highest BCUT2D eigenvalue weighted by atomic mass is 127. The van der Waals surface area contributed by atoms with E-state index >= 15 is 0 Å². The summed E-state index contributed by atoms with van der Waals surface area (Å²) in [6.45, 7) is 5.19. The number of para-hydroxylation sites is 1. The molecule has 1 aliphatic rings. The summed E-state index contributed by atoms with van der Waals surface area (Å²) in [6.07, 6.45) is 4.43. The first-order valence-electron chi connectivity index (χ1n) is 8.11. The highest BCUT2D eigenvalue weighted by Gasteiger charge is 2.16. The second-order valence-corrected chi connectivity index (χ2v) is 7.20. The summed E-state index contributed by atoms with van der Waals surface area (Å²) < 4.78 is 1.27. The van der Waals surface area contributed by atoms with Gasteiger partial charge in [-0.1, -0.05) is 19.1 Å². The molecule has 1 aromatic carbocycles. The second-order valence-electron chi connectivity index (χ2n) is 6.09. The number of hydrogen-bond acceptors (Lipinski definition) is 3. The number of likely N-dealkylation sites (tertiary alicyclic amines) is 1. The average Bonchev–Trinajstić information content (AvgIpc) is 2.95. The van der Waals surface area contributed by atoms with Crippen LogP contribution in [0.5, 0.6) is 0 Å². The van der Waals surface area contributed by atoms with E-state index in [2.05, 4.69) is 40.0 Å². The van der Waals surface area contributed by atoms with Gasteiger partial charge >= 0.3 is 0 Å². The Morgan fingerprint density at radius 2 is 2.09 bits per heavy atom. The molecule has 6 heteroatoms. The van der Waals surface area contributed by atoms with Crippen LogP contribution in [0.2, 0.25) is 0 Å². The maximum absolute atomic E-state index is 6.10. The van der Waals surface area contributed by atoms with Gasteiger partial charge in [0.05, 0.1) is 15.2 Å². The van der Waals surface area contributed by atoms with Gasteiger partial charge in [-0.3, -0.25) is 4.99 Å². The summed E-state index contributed by atoms with van der Waals surface area (Å²) in [4.78, 5) is 11.4. The van der Waals surface area contributed by atoms with Crippen molar-refractivity contribution in [3.8, 4) is 0 Å². The minimum Gasteiger partial charge on any atom is -0.370 e. The molecule has 4 nitrogen and oxygen atoms in total. The molecule has 2 N–H and O–H groups in total. The third-order valence-electron chi connectivity index (χ3n) is 4.27. The third kappa shape index (κ3) is 5.04. The van der Waals surface area contributed by atoms with Crippen molar-refractivity contribution in [1.29, 1.82) is 0 Å². The molecule has 2 heterocycles. The number of benzene rings is 1. The quantitative estimate of drug-likeness (QED) is 0.337. The van der Waals surface area contributed by atoms with Crippen molar-refractivity contribution in [1.82, 2.24) is 9.88 Å². The highest BCUT2D eigenvalue weighted by molar-refractivity contribution is 14.0. The van der Waals surface area contributed by atoms with Crippen LogP contribution in [0.3, 0.4) is 0 Å². The van der Waals surface area contributed by atoms with Gasteiger partial charge in [-0.2, -0.15) is 0 Å². The molecular formula is C17H25IN4S. The SMILES string of the molecule is CC1CCN(C(N)=NCCCc2nc3ccccc3s2)CC1.I. The number of thiazole rings is 1. The topological polar surface area (TPSA) is 54.5 Å². The zero-order valence-electron chi connectivity index (χ0n) is 13.6. The van der Waals surface area contributed by atoms with E-state index in [1.807, 2.05) is 6.07 Å². The molecule has 1 saturated heterocycles. The molecule has 0 unspecified atom stereocenters. The van der Waals surface area contributed by atoms with Gasteiger partial charge < -0.3 is 10.6 Å². The van der Waals surface area contributed by atoms with Crippen molar-refractivity contribution in [2.45, 2.75) is 32.6 Å². The molecule has 23 heavy (non-hydrogen) atoms. The standard InChI is InChI=1S/C17H24N4S.HI/c1-13-8-11-21(12-9-13)17(18)19-10-4-7-16-20-14-5-2-3-6-15(14)22-16;/h2-3,5-6,13H,4,7-12H2,1H3,(H2,18,19);1H. The van der Waals surface area contributed by atoms with Crippen LogP contribution in [0.15, 0.2) is 29.3 Å². The van der Waals surface area contributed by atoms with E-state index < -0.39 is 0 Å². The fraction of sp³-hybridized carbons (Fsp3) is 0.529. The maximum Gasteiger partial charge on any atom is 0.191 e. The first-order chi connectivity index (χ1) is 10.7. The van der Waals surface area contributed by atoms with Gasteiger partial charge in [-0.15, -0.1) is 35.3 Å². The zero-order valence-corrected chi connectivity index (χ0v) is 16.7. The Hall–Kier alpha value is -0.890. The molecule has 0 aliphatic carbocycles. The number of aliphatic imine (C=N–C) groups is 1. The van der Waals surface area contributed by atoms with Gasteiger partial charge in [0.25, 0.3) is 0 Å². The number of guanidine groups is 1. The highest BCUT2D eigenvalue weighted by Crippen LogP contribution is 2.22. The van der Waals surface area contributed by atoms with E-state index in [1.165, 1.54) is 22.5 Å². The molecule has 2 aromatic rings. The summed E-state index contributed by atoms with van der Waals surface area (Å²) in [6, 6.07) is 8.30. The largest absolute Gasteiger partial charge is 0.370 e. The molecule has 3 rings (SSSR count). The van der Waals surface area contributed by atoms with Gasteiger partial charge in [0.2, 0.25) is 0 Å². The Balaban J connectivity index is 0.00000192. The van der Waals surface area contributed by atoms with E-state index in [-0.39, 0.29) is 24.0 Å². The molecule has 1 aromatic heterocycles. The minimum absolute atomic E-state index is 0. The number of nitrogens with two attached hydrogens (primary N) is 1. The van der Waals surface area contributed by atoms with Gasteiger partial charge in [0, 0.05) is 26.1 Å². The number of fused-ring (bicyclic) bond motifs is 1. The smallest absolute Gasteiger partial charge is 0.191 e. The van der Waals surface area contributed by atoms with E-state index in [4.69, 9.17) is 5.73 Å². The Kier molecular flexibility index (Phi) is 7.08. The number of rotatable bonds is 4. The first kappa shape index (κ1) is 18.4.